The number of nitrogens with zero attached hydrogens (tertiary/aromatic N) is 3. The molecule has 0 bridgehead atoms. The van der Waals surface area contributed by atoms with Crippen molar-refractivity contribution in [2.75, 3.05) is 13.2 Å². The summed E-state index contributed by atoms with van der Waals surface area (Å²) in [6, 6.07) is 14.5. The molecule has 0 amide bonds. The Balaban J connectivity index is 1.32. The monoisotopic (exact) mass is 419 g/mol. The number of rotatable bonds is 6. The number of benzene rings is 2. The van der Waals surface area contributed by atoms with Crippen LogP contribution in [-0.4, -0.2) is 39.1 Å². The largest absolute Gasteiger partial charge is 0.490 e. The number of aliphatic hydroxyl groups is 1. The van der Waals surface area contributed by atoms with E-state index >= 15 is 0 Å². The molecule has 1 N–H and O–H groups in total. The first kappa shape index (κ1) is 20.2. The van der Waals surface area contributed by atoms with Crippen LogP contribution in [0, 0.1) is 0 Å². The van der Waals surface area contributed by atoms with Gasteiger partial charge in [0.2, 0.25) is 0 Å². The molecule has 0 saturated carbocycles. The van der Waals surface area contributed by atoms with Crippen molar-refractivity contribution in [1.82, 2.24) is 14.7 Å². The van der Waals surface area contributed by atoms with E-state index in [1.165, 1.54) is 0 Å². The zero-order valence-electron chi connectivity index (χ0n) is 18.1. The third kappa shape index (κ3) is 3.99. The van der Waals surface area contributed by atoms with Crippen LogP contribution >= 0.6 is 0 Å². The first-order valence-corrected chi connectivity index (χ1v) is 10.9. The Kier molecular flexibility index (Phi) is 5.30. The summed E-state index contributed by atoms with van der Waals surface area (Å²) in [5.41, 5.74) is 4.29. The fraction of sp³-hybridized carbons (Fsp3) is 0.400. The summed E-state index contributed by atoms with van der Waals surface area (Å²) in [5.74, 6) is 0.757. The van der Waals surface area contributed by atoms with Crippen LogP contribution in [0.4, 0.5) is 0 Å². The lowest BCUT2D eigenvalue weighted by molar-refractivity contribution is -0.0966. The smallest absolute Gasteiger partial charge is 0.146 e. The number of aryl methyl sites for hydroxylation is 1. The SMILES string of the molecule is Cn1cc(-c2ccc(CN3Cc4cccc(OC[C@H]5CCCO5)c4C3(C)O)cc2)cn1. The van der Waals surface area contributed by atoms with Gasteiger partial charge in [-0.25, -0.2) is 0 Å². The zero-order chi connectivity index (χ0) is 21.4. The summed E-state index contributed by atoms with van der Waals surface area (Å²) in [6.45, 7) is 4.54. The molecule has 2 atom stereocenters. The Morgan fingerprint density at radius 2 is 2.03 bits per heavy atom. The van der Waals surface area contributed by atoms with Crippen LogP contribution in [0.15, 0.2) is 54.9 Å². The van der Waals surface area contributed by atoms with Crippen LogP contribution in [0.25, 0.3) is 11.1 Å². The molecule has 1 saturated heterocycles. The van der Waals surface area contributed by atoms with Gasteiger partial charge in [0.25, 0.3) is 0 Å². The molecule has 6 heteroatoms. The lowest BCUT2D eigenvalue weighted by Crippen LogP contribution is -2.37. The number of aromatic nitrogens is 2. The van der Waals surface area contributed by atoms with Crippen molar-refractivity contribution in [3.63, 3.8) is 0 Å². The predicted octanol–water partition coefficient (Wildman–Crippen LogP) is 3.83. The van der Waals surface area contributed by atoms with Crippen molar-refractivity contribution < 1.29 is 14.6 Å². The summed E-state index contributed by atoms with van der Waals surface area (Å²) in [4.78, 5) is 2.09. The maximum Gasteiger partial charge on any atom is 0.146 e. The second-order valence-corrected chi connectivity index (χ2v) is 8.71. The minimum absolute atomic E-state index is 0.150. The normalized spacial score (nSPS) is 23.3. The minimum Gasteiger partial charge on any atom is -0.490 e. The van der Waals surface area contributed by atoms with Crippen molar-refractivity contribution in [3.05, 3.63) is 71.5 Å². The maximum atomic E-state index is 11.5. The van der Waals surface area contributed by atoms with Gasteiger partial charge in [-0.3, -0.25) is 9.58 Å². The Morgan fingerprint density at radius 3 is 2.74 bits per heavy atom. The molecular weight excluding hydrogens is 390 g/mol. The third-order valence-electron chi connectivity index (χ3n) is 6.38. The van der Waals surface area contributed by atoms with Crippen LogP contribution in [0.3, 0.4) is 0 Å². The molecule has 2 aromatic carbocycles. The molecule has 2 aliphatic rings. The van der Waals surface area contributed by atoms with Crippen LogP contribution in [-0.2, 0) is 30.6 Å². The molecule has 2 aliphatic heterocycles. The van der Waals surface area contributed by atoms with E-state index in [-0.39, 0.29) is 6.10 Å². The molecule has 0 spiro atoms. The van der Waals surface area contributed by atoms with Crippen molar-refractivity contribution in [1.29, 1.82) is 0 Å². The standard InChI is InChI=1S/C25H29N3O3/c1-25(29)24-20(5-3-7-23(24)31-17-22-6-4-12-30-22)16-28(25)14-18-8-10-19(11-9-18)21-13-26-27(2)15-21/h3,5,7-11,13,15,22,29H,4,6,12,14,16-17H2,1-2H3/t22-,25?/m1/s1. The maximum absolute atomic E-state index is 11.5. The van der Waals surface area contributed by atoms with Gasteiger partial charge in [-0.2, -0.15) is 5.10 Å². The average molecular weight is 420 g/mol. The van der Waals surface area contributed by atoms with E-state index in [4.69, 9.17) is 9.47 Å². The van der Waals surface area contributed by atoms with Gasteiger partial charge in [0.05, 0.1) is 12.3 Å². The second-order valence-electron chi connectivity index (χ2n) is 8.71. The van der Waals surface area contributed by atoms with E-state index in [0.717, 1.165) is 53.0 Å². The highest BCUT2D eigenvalue weighted by atomic mass is 16.5. The van der Waals surface area contributed by atoms with Gasteiger partial charge in [-0.1, -0.05) is 36.4 Å². The Morgan fingerprint density at radius 1 is 1.19 bits per heavy atom. The molecule has 31 heavy (non-hydrogen) atoms. The van der Waals surface area contributed by atoms with Gasteiger partial charge < -0.3 is 14.6 Å². The first-order chi connectivity index (χ1) is 15.0. The van der Waals surface area contributed by atoms with Crippen LogP contribution in [0.1, 0.15) is 36.5 Å². The van der Waals surface area contributed by atoms with Gasteiger partial charge in [0.1, 0.15) is 18.1 Å². The molecule has 0 radical (unpaired) electrons. The molecule has 1 fully saturated rings. The number of ether oxygens (including phenoxy) is 2. The van der Waals surface area contributed by atoms with Crippen molar-refractivity contribution in [2.24, 2.45) is 7.05 Å². The van der Waals surface area contributed by atoms with E-state index in [2.05, 4.69) is 40.3 Å². The first-order valence-electron chi connectivity index (χ1n) is 10.9. The van der Waals surface area contributed by atoms with E-state index < -0.39 is 5.72 Å². The Hall–Kier alpha value is -2.67. The Labute approximate surface area is 183 Å². The third-order valence-corrected chi connectivity index (χ3v) is 6.38. The molecule has 5 rings (SSSR count). The van der Waals surface area contributed by atoms with E-state index in [0.29, 0.717) is 19.7 Å². The van der Waals surface area contributed by atoms with Crippen molar-refractivity contribution in [2.45, 2.75) is 44.7 Å². The molecular formula is C25H29N3O3. The molecule has 1 aromatic heterocycles. The van der Waals surface area contributed by atoms with Crippen molar-refractivity contribution >= 4 is 0 Å². The highest BCUT2D eigenvalue weighted by molar-refractivity contribution is 5.61. The van der Waals surface area contributed by atoms with Gasteiger partial charge in [0.15, 0.2) is 0 Å². The van der Waals surface area contributed by atoms with Gasteiger partial charge in [-0.05, 0) is 42.5 Å². The van der Waals surface area contributed by atoms with Gasteiger partial charge >= 0.3 is 0 Å². The number of hydrogen-bond acceptors (Lipinski definition) is 5. The minimum atomic E-state index is -1.09. The molecule has 1 unspecified atom stereocenters. The second kappa shape index (κ2) is 8.11. The van der Waals surface area contributed by atoms with E-state index in [1.54, 1.807) is 4.68 Å². The van der Waals surface area contributed by atoms with Gasteiger partial charge in [0, 0.05) is 44.1 Å². The lowest BCUT2D eigenvalue weighted by Gasteiger charge is -2.31. The molecule has 6 nitrogen and oxygen atoms in total. The average Bonchev–Trinajstić information content (AvgIpc) is 3.48. The summed E-state index contributed by atoms with van der Waals surface area (Å²) >= 11 is 0. The number of fused-ring (bicyclic) bond motifs is 1. The quantitative estimate of drug-likeness (QED) is 0.658. The van der Waals surface area contributed by atoms with E-state index in [1.807, 2.05) is 38.5 Å². The summed E-state index contributed by atoms with van der Waals surface area (Å²) in [6.07, 6.45) is 6.15. The molecule has 3 aromatic rings. The predicted molar refractivity (Wildman–Crippen MR) is 118 cm³/mol. The summed E-state index contributed by atoms with van der Waals surface area (Å²) in [7, 11) is 1.92. The Bertz CT molecular complexity index is 1050. The van der Waals surface area contributed by atoms with Crippen LogP contribution < -0.4 is 4.74 Å². The fourth-order valence-electron chi connectivity index (χ4n) is 4.65. The summed E-state index contributed by atoms with van der Waals surface area (Å²) < 4.78 is 13.6. The molecule has 0 aliphatic carbocycles. The zero-order valence-corrected chi connectivity index (χ0v) is 18.1. The fourth-order valence-corrected chi connectivity index (χ4v) is 4.65. The molecule has 162 valence electrons. The van der Waals surface area contributed by atoms with Crippen molar-refractivity contribution in [3.8, 4) is 16.9 Å². The lowest BCUT2D eigenvalue weighted by atomic mass is 10.0. The summed E-state index contributed by atoms with van der Waals surface area (Å²) in [5, 5.41) is 15.7. The topological polar surface area (TPSA) is 59.8 Å². The highest BCUT2D eigenvalue weighted by Gasteiger charge is 2.42. The van der Waals surface area contributed by atoms with Crippen LogP contribution in [0.5, 0.6) is 5.75 Å². The highest BCUT2D eigenvalue weighted by Crippen LogP contribution is 2.43. The van der Waals surface area contributed by atoms with E-state index in [9.17, 15) is 5.11 Å². The van der Waals surface area contributed by atoms with Gasteiger partial charge in [-0.15, -0.1) is 0 Å². The number of hydrogen-bond donors (Lipinski definition) is 1. The van der Waals surface area contributed by atoms with Crippen LogP contribution in [0.2, 0.25) is 0 Å². The molecule has 3 heterocycles.